The van der Waals surface area contributed by atoms with Crippen molar-refractivity contribution < 1.29 is 19.4 Å². The average molecular weight is 228 g/mol. The van der Waals surface area contributed by atoms with Crippen LogP contribution in [0.25, 0.3) is 0 Å². The zero-order valence-corrected chi connectivity index (χ0v) is 8.94. The molecule has 0 radical (unpaired) electrons. The highest BCUT2D eigenvalue weighted by atomic mass is 16.5. The lowest BCUT2D eigenvalue weighted by Crippen LogP contribution is -2.43. The van der Waals surface area contributed by atoms with Gasteiger partial charge in [-0.25, -0.2) is 0 Å². The average Bonchev–Trinajstić information content (AvgIpc) is 2.86. The molecule has 0 aromatic rings. The van der Waals surface area contributed by atoms with Gasteiger partial charge in [-0.15, -0.1) is 0 Å². The summed E-state index contributed by atoms with van der Waals surface area (Å²) in [6.07, 6.45) is 1.77. The summed E-state index contributed by atoms with van der Waals surface area (Å²) < 4.78 is 5.22. The Morgan fingerprint density at radius 3 is 2.62 bits per heavy atom. The third-order valence-electron chi connectivity index (χ3n) is 3.04. The minimum Gasteiger partial charge on any atom is -0.480 e. The highest BCUT2D eigenvalue weighted by Gasteiger charge is 2.37. The van der Waals surface area contributed by atoms with E-state index in [1.165, 1.54) is 0 Å². The minimum absolute atomic E-state index is 0.255. The summed E-state index contributed by atoms with van der Waals surface area (Å²) in [6, 6.07) is -1.01. The first-order chi connectivity index (χ1) is 7.68. The van der Waals surface area contributed by atoms with Crippen LogP contribution in [0.4, 0.5) is 0 Å². The monoisotopic (exact) mass is 228 g/mol. The van der Waals surface area contributed by atoms with Crippen LogP contribution in [0.1, 0.15) is 19.3 Å². The normalized spacial score (nSPS) is 33.9. The number of carbonyl (C=O) groups is 2. The van der Waals surface area contributed by atoms with Crippen LogP contribution in [0.15, 0.2) is 0 Å². The molecule has 90 valence electrons. The van der Waals surface area contributed by atoms with Gasteiger partial charge >= 0.3 is 11.9 Å². The largest absolute Gasteiger partial charge is 0.480 e. The van der Waals surface area contributed by atoms with E-state index in [4.69, 9.17) is 9.84 Å². The molecule has 2 rings (SSSR count). The topological polar surface area (TPSA) is 87.7 Å². The van der Waals surface area contributed by atoms with Crippen molar-refractivity contribution in [2.75, 3.05) is 13.1 Å². The van der Waals surface area contributed by atoms with Crippen LogP contribution >= 0.6 is 0 Å². The van der Waals surface area contributed by atoms with E-state index in [1.807, 2.05) is 0 Å². The number of carboxylic acid groups (broad SMARTS) is 1. The summed E-state index contributed by atoms with van der Waals surface area (Å²) in [4.78, 5) is 22.5. The smallest absolute Gasteiger partial charge is 0.324 e. The second kappa shape index (κ2) is 4.80. The lowest BCUT2D eigenvalue weighted by molar-refractivity contribution is -0.155. The van der Waals surface area contributed by atoms with Crippen LogP contribution in [0.5, 0.6) is 0 Å². The second-order valence-electron chi connectivity index (χ2n) is 4.18. The van der Waals surface area contributed by atoms with E-state index in [9.17, 15) is 9.59 Å². The predicted molar refractivity (Wildman–Crippen MR) is 54.9 cm³/mol. The van der Waals surface area contributed by atoms with Crippen molar-refractivity contribution in [2.45, 2.75) is 37.5 Å². The Hall–Kier alpha value is -1.14. The van der Waals surface area contributed by atoms with Crippen LogP contribution in [-0.2, 0) is 14.3 Å². The molecular formula is C10H16N2O4. The van der Waals surface area contributed by atoms with Gasteiger partial charge in [-0.3, -0.25) is 9.59 Å². The van der Waals surface area contributed by atoms with Gasteiger partial charge in [0.05, 0.1) is 0 Å². The number of hydrogen-bond acceptors (Lipinski definition) is 5. The van der Waals surface area contributed by atoms with Gasteiger partial charge < -0.3 is 20.5 Å². The molecule has 0 amide bonds. The van der Waals surface area contributed by atoms with E-state index >= 15 is 0 Å². The molecule has 2 aliphatic rings. The molecule has 0 saturated carbocycles. The molecule has 2 heterocycles. The molecule has 0 aromatic heterocycles. The van der Waals surface area contributed by atoms with Gasteiger partial charge in [0.1, 0.15) is 18.2 Å². The quantitative estimate of drug-likeness (QED) is 0.542. The number of aliphatic carboxylic acids is 1. The molecule has 6 heteroatoms. The van der Waals surface area contributed by atoms with E-state index in [0.717, 1.165) is 19.4 Å². The number of esters is 1. The summed E-state index contributed by atoms with van der Waals surface area (Å²) >= 11 is 0. The van der Waals surface area contributed by atoms with Crippen molar-refractivity contribution >= 4 is 11.9 Å². The number of hydrogen-bond donors (Lipinski definition) is 3. The van der Waals surface area contributed by atoms with Crippen molar-refractivity contribution in [3.05, 3.63) is 0 Å². The third kappa shape index (κ3) is 2.33. The maximum absolute atomic E-state index is 11.7. The highest BCUT2D eigenvalue weighted by Crippen LogP contribution is 2.15. The first-order valence-electron chi connectivity index (χ1n) is 5.58. The SMILES string of the molecule is O=C(OC1CCN[C@@H]1C(=O)O)[C@@H]1CCCN1. The van der Waals surface area contributed by atoms with E-state index in [2.05, 4.69) is 10.6 Å². The van der Waals surface area contributed by atoms with Gasteiger partial charge in [-0.05, 0) is 32.4 Å². The molecule has 0 spiro atoms. The van der Waals surface area contributed by atoms with E-state index < -0.39 is 18.1 Å². The molecule has 2 saturated heterocycles. The Balaban J connectivity index is 1.88. The van der Waals surface area contributed by atoms with Crippen molar-refractivity contribution in [1.29, 1.82) is 0 Å². The van der Waals surface area contributed by atoms with Crippen molar-refractivity contribution in [1.82, 2.24) is 10.6 Å². The number of carbonyl (C=O) groups excluding carboxylic acids is 1. The van der Waals surface area contributed by atoms with Crippen LogP contribution in [-0.4, -0.2) is 48.3 Å². The summed E-state index contributed by atoms with van der Waals surface area (Å²) in [6.45, 7) is 1.40. The predicted octanol–water partition coefficient (Wildman–Crippen LogP) is -0.903. The standard InChI is InChI=1S/C10H16N2O4/c13-9(14)8-7(3-5-12-8)16-10(15)6-2-1-4-11-6/h6-8,11-12H,1-5H2,(H,13,14)/t6-,7?,8-/m0/s1. The van der Waals surface area contributed by atoms with E-state index in [0.29, 0.717) is 13.0 Å². The zero-order chi connectivity index (χ0) is 11.5. The number of nitrogens with one attached hydrogen (secondary N) is 2. The van der Waals surface area contributed by atoms with Crippen LogP contribution in [0.3, 0.4) is 0 Å². The fourth-order valence-corrected chi connectivity index (χ4v) is 2.17. The fourth-order valence-electron chi connectivity index (χ4n) is 2.17. The molecule has 1 unspecified atom stereocenters. The van der Waals surface area contributed by atoms with Crippen molar-refractivity contribution in [2.24, 2.45) is 0 Å². The van der Waals surface area contributed by atoms with Crippen LogP contribution < -0.4 is 10.6 Å². The van der Waals surface area contributed by atoms with Crippen LogP contribution in [0, 0.1) is 0 Å². The number of carboxylic acids is 1. The highest BCUT2D eigenvalue weighted by molar-refractivity contribution is 5.78. The van der Waals surface area contributed by atoms with Crippen molar-refractivity contribution in [3.8, 4) is 0 Å². The molecule has 2 fully saturated rings. The molecular weight excluding hydrogens is 212 g/mol. The Labute approximate surface area is 93.3 Å². The zero-order valence-electron chi connectivity index (χ0n) is 8.94. The minimum atomic E-state index is -0.963. The van der Waals surface area contributed by atoms with Gasteiger partial charge in [0.25, 0.3) is 0 Å². The first-order valence-corrected chi connectivity index (χ1v) is 5.58. The summed E-state index contributed by atoms with van der Waals surface area (Å²) in [5.74, 6) is -1.29. The van der Waals surface area contributed by atoms with Gasteiger partial charge in [0, 0.05) is 0 Å². The molecule has 2 aliphatic heterocycles. The fraction of sp³-hybridized carbons (Fsp3) is 0.800. The molecule has 0 aromatic carbocycles. The third-order valence-corrected chi connectivity index (χ3v) is 3.04. The van der Waals surface area contributed by atoms with Crippen LogP contribution in [0.2, 0.25) is 0 Å². The maximum Gasteiger partial charge on any atom is 0.324 e. The van der Waals surface area contributed by atoms with Gasteiger partial charge in [0.2, 0.25) is 0 Å². The molecule has 0 bridgehead atoms. The Morgan fingerprint density at radius 1 is 1.19 bits per heavy atom. The Morgan fingerprint density at radius 2 is 2.00 bits per heavy atom. The van der Waals surface area contributed by atoms with Gasteiger partial charge in [-0.2, -0.15) is 0 Å². The summed E-state index contributed by atoms with van der Waals surface area (Å²) in [5, 5.41) is 14.7. The molecule has 3 atom stereocenters. The Bertz CT molecular complexity index is 289. The summed E-state index contributed by atoms with van der Waals surface area (Å²) in [7, 11) is 0. The maximum atomic E-state index is 11.7. The Kier molecular flexibility index (Phi) is 3.40. The number of rotatable bonds is 3. The lowest BCUT2D eigenvalue weighted by Gasteiger charge is -2.18. The van der Waals surface area contributed by atoms with E-state index in [1.54, 1.807) is 0 Å². The molecule has 6 nitrogen and oxygen atoms in total. The van der Waals surface area contributed by atoms with Gasteiger partial charge in [0.15, 0.2) is 0 Å². The summed E-state index contributed by atoms with van der Waals surface area (Å²) in [5.41, 5.74) is 0. The molecule has 16 heavy (non-hydrogen) atoms. The first kappa shape index (κ1) is 11.3. The van der Waals surface area contributed by atoms with Gasteiger partial charge in [-0.1, -0.05) is 0 Å². The lowest BCUT2D eigenvalue weighted by atomic mass is 10.1. The second-order valence-corrected chi connectivity index (χ2v) is 4.18. The number of ether oxygens (including phenoxy) is 1. The molecule has 3 N–H and O–H groups in total. The molecule has 0 aliphatic carbocycles. The van der Waals surface area contributed by atoms with E-state index in [-0.39, 0.29) is 12.0 Å². The van der Waals surface area contributed by atoms with Crippen molar-refractivity contribution in [3.63, 3.8) is 0 Å².